The van der Waals surface area contributed by atoms with Crippen molar-refractivity contribution in [2.45, 2.75) is 44.0 Å². The summed E-state index contributed by atoms with van der Waals surface area (Å²) in [4.78, 5) is 24.4. The van der Waals surface area contributed by atoms with Gasteiger partial charge in [-0.2, -0.15) is 4.31 Å². The van der Waals surface area contributed by atoms with Crippen molar-refractivity contribution in [2.24, 2.45) is 5.92 Å². The first-order valence-corrected chi connectivity index (χ1v) is 12.4. The van der Waals surface area contributed by atoms with Crippen LogP contribution in [0.5, 0.6) is 0 Å². The fourth-order valence-electron chi connectivity index (χ4n) is 4.19. The number of carbonyl (C=O) groups is 1. The van der Waals surface area contributed by atoms with E-state index < -0.39 is 21.6 Å². The van der Waals surface area contributed by atoms with Crippen molar-refractivity contribution < 1.29 is 22.0 Å². The molecule has 0 bridgehead atoms. The van der Waals surface area contributed by atoms with Gasteiger partial charge >= 0.3 is 5.76 Å². The van der Waals surface area contributed by atoms with Crippen molar-refractivity contribution in [1.29, 1.82) is 0 Å². The number of hydrogen-bond acceptors (Lipinski definition) is 5. The first-order chi connectivity index (χ1) is 15.8. The highest BCUT2D eigenvalue weighted by atomic mass is 32.2. The molecule has 8 nitrogen and oxygen atoms in total. The molecule has 0 saturated carbocycles. The number of oxazole rings is 1. The zero-order chi connectivity index (χ0) is 23.6. The van der Waals surface area contributed by atoms with Crippen molar-refractivity contribution in [3.8, 4) is 0 Å². The van der Waals surface area contributed by atoms with Gasteiger partial charge in [0, 0.05) is 37.8 Å². The van der Waals surface area contributed by atoms with Crippen LogP contribution >= 0.6 is 0 Å². The number of anilines is 1. The molecule has 0 aliphatic carbocycles. The van der Waals surface area contributed by atoms with Gasteiger partial charge in [0.2, 0.25) is 15.9 Å². The third-order valence-electron chi connectivity index (χ3n) is 5.88. The number of fused-ring (bicyclic) bond motifs is 1. The average molecular weight is 476 g/mol. The largest absolute Gasteiger partial charge is 0.419 e. The molecule has 176 valence electrons. The zero-order valence-corrected chi connectivity index (χ0v) is 19.1. The van der Waals surface area contributed by atoms with Gasteiger partial charge in [0.05, 0.1) is 10.4 Å². The number of benzene rings is 2. The lowest BCUT2D eigenvalue weighted by molar-refractivity contribution is -0.117. The maximum absolute atomic E-state index is 13.3. The molecule has 0 atom stereocenters. The second-order valence-electron chi connectivity index (χ2n) is 8.26. The monoisotopic (exact) mass is 475 g/mol. The topological polar surface area (TPSA) is 102 Å². The summed E-state index contributed by atoms with van der Waals surface area (Å²) in [5.74, 6) is -1.11. The quantitative estimate of drug-likeness (QED) is 0.563. The Hall–Kier alpha value is -2.98. The number of amides is 1. The van der Waals surface area contributed by atoms with E-state index in [1.807, 2.05) is 6.92 Å². The van der Waals surface area contributed by atoms with E-state index in [1.165, 1.54) is 39.2 Å². The fourth-order valence-corrected chi connectivity index (χ4v) is 5.67. The highest BCUT2D eigenvalue weighted by Crippen LogP contribution is 2.28. The first-order valence-electron chi connectivity index (χ1n) is 11.0. The molecule has 2 aromatic carbocycles. The third-order valence-corrected chi connectivity index (χ3v) is 7.78. The van der Waals surface area contributed by atoms with E-state index in [4.69, 9.17) is 4.42 Å². The number of aryl methyl sites for hydroxylation is 1. The first kappa shape index (κ1) is 23.2. The highest BCUT2D eigenvalue weighted by molar-refractivity contribution is 7.89. The van der Waals surface area contributed by atoms with Gasteiger partial charge < -0.3 is 9.73 Å². The normalized spacial score (nSPS) is 15.7. The molecule has 1 aliphatic heterocycles. The number of sulfonamides is 1. The van der Waals surface area contributed by atoms with Crippen LogP contribution in [0.1, 0.15) is 32.6 Å². The van der Waals surface area contributed by atoms with Crippen molar-refractivity contribution in [3.63, 3.8) is 0 Å². The summed E-state index contributed by atoms with van der Waals surface area (Å²) in [6, 6.07) is 10.2. The number of halogens is 1. The van der Waals surface area contributed by atoms with Crippen molar-refractivity contribution in [1.82, 2.24) is 8.87 Å². The summed E-state index contributed by atoms with van der Waals surface area (Å²) in [6.45, 7) is 3.02. The lowest BCUT2D eigenvalue weighted by Crippen LogP contribution is -2.39. The van der Waals surface area contributed by atoms with Gasteiger partial charge in [-0.1, -0.05) is 13.0 Å². The minimum absolute atomic E-state index is 0.0357. The second kappa shape index (κ2) is 9.48. The van der Waals surface area contributed by atoms with E-state index in [-0.39, 0.29) is 28.7 Å². The predicted molar refractivity (Wildman–Crippen MR) is 122 cm³/mol. The van der Waals surface area contributed by atoms with Crippen molar-refractivity contribution in [2.75, 3.05) is 18.4 Å². The van der Waals surface area contributed by atoms with Crippen LogP contribution < -0.4 is 11.1 Å². The van der Waals surface area contributed by atoms with Crippen molar-refractivity contribution in [3.05, 3.63) is 58.8 Å². The summed E-state index contributed by atoms with van der Waals surface area (Å²) >= 11 is 0. The Kier molecular flexibility index (Phi) is 6.66. The predicted octanol–water partition coefficient (Wildman–Crippen LogP) is 3.57. The van der Waals surface area contributed by atoms with Crippen molar-refractivity contribution >= 4 is 32.7 Å². The summed E-state index contributed by atoms with van der Waals surface area (Å²) < 4.78 is 47.7. The van der Waals surface area contributed by atoms with E-state index in [0.717, 1.165) is 6.42 Å². The van der Waals surface area contributed by atoms with Crippen LogP contribution in [0.2, 0.25) is 0 Å². The molecule has 10 heteroatoms. The van der Waals surface area contributed by atoms with E-state index in [2.05, 4.69) is 5.32 Å². The average Bonchev–Trinajstić information content (AvgIpc) is 3.09. The van der Waals surface area contributed by atoms with Gasteiger partial charge in [0.1, 0.15) is 5.82 Å². The van der Waals surface area contributed by atoms with Gasteiger partial charge in [0.15, 0.2) is 5.58 Å². The summed E-state index contributed by atoms with van der Waals surface area (Å²) in [5.41, 5.74) is 1.22. The van der Waals surface area contributed by atoms with E-state index in [0.29, 0.717) is 43.7 Å². The van der Waals surface area contributed by atoms with Crippen LogP contribution in [0.15, 0.2) is 56.6 Å². The standard InChI is InChI=1S/C23H26FN3O5S/c1-2-10-27-20-7-6-19(15-21(20)32-23(27)29)33(30,31)26-11-8-16(9-12-26)13-22(28)25-18-5-3-4-17(24)14-18/h3-7,14-16H,2,8-13H2,1H3,(H,25,28). The number of hydrogen-bond donors (Lipinski definition) is 1. The minimum Gasteiger partial charge on any atom is -0.408 e. The molecule has 1 N–H and O–H groups in total. The molecule has 0 radical (unpaired) electrons. The molecule has 3 aromatic rings. The molecule has 0 unspecified atom stereocenters. The highest BCUT2D eigenvalue weighted by Gasteiger charge is 2.30. The number of nitrogens with one attached hydrogen (secondary N) is 1. The third kappa shape index (κ3) is 5.01. The molecule has 33 heavy (non-hydrogen) atoms. The Labute approximate surface area is 191 Å². The van der Waals surface area contributed by atoms with Crippen LogP contribution in [-0.4, -0.2) is 36.3 Å². The fraction of sp³-hybridized carbons (Fsp3) is 0.391. The van der Waals surface area contributed by atoms with E-state index in [1.54, 1.807) is 12.1 Å². The number of nitrogens with zero attached hydrogens (tertiary/aromatic N) is 2. The Morgan fingerprint density at radius 3 is 2.64 bits per heavy atom. The Morgan fingerprint density at radius 2 is 1.94 bits per heavy atom. The number of carbonyl (C=O) groups excluding carboxylic acids is 1. The summed E-state index contributed by atoms with van der Waals surface area (Å²) in [6.07, 6.45) is 2.08. The maximum atomic E-state index is 13.3. The molecule has 1 amide bonds. The van der Waals surface area contributed by atoms with E-state index in [9.17, 15) is 22.4 Å². The Bertz CT molecular complexity index is 1320. The molecule has 1 aliphatic rings. The van der Waals surface area contributed by atoms with Crippen LogP contribution in [0, 0.1) is 11.7 Å². The SMILES string of the molecule is CCCn1c(=O)oc2cc(S(=O)(=O)N3CCC(CC(=O)Nc4cccc(F)c4)CC3)ccc21. The molecule has 0 spiro atoms. The molecule has 1 fully saturated rings. The molecule has 1 saturated heterocycles. The number of piperidine rings is 1. The minimum atomic E-state index is -3.75. The lowest BCUT2D eigenvalue weighted by Gasteiger charge is -2.31. The van der Waals surface area contributed by atoms with Crippen LogP contribution in [0.4, 0.5) is 10.1 Å². The number of aromatic nitrogens is 1. The lowest BCUT2D eigenvalue weighted by atomic mass is 9.94. The van der Waals surface area contributed by atoms with Crippen LogP contribution in [0.25, 0.3) is 11.1 Å². The van der Waals surface area contributed by atoms with Crippen LogP contribution in [0.3, 0.4) is 0 Å². The smallest absolute Gasteiger partial charge is 0.408 e. The van der Waals surface area contributed by atoms with Gasteiger partial charge in [-0.05, 0) is 55.5 Å². The zero-order valence-electron chi connectivity index (χ0n) is 18.3. The molecule has 4 rings (SSSR count). The second-order valence-corrected chi connectivity index (χ2v) is 10.2. The van der Waals surface area contributed by atoms with Gasteiger partial charge in [-0.15, -0.1) is 0 Å². The van der Waals surface area contributed by atoms with Gasteiger partial charge in [-0.3, -0.25) is 9.36 Å². The van der Waals surface area contributed by atoms with E-state index >= 15 is 0 Å². The maximum Gasteiger partial charge on any atom is 0.419 e. The summed E-state index contributed by atoms with van der Waals surface area (Å²) in [7, 11) is -3.75. The number of rotatable bonds is 7. The Balaban J connectivity index is 1.39. The van der Waals surface area contributed by atoms with Gasteiger partial charge in [0.25, 0.3) is 0 Å². The van der Waals surface area contributed by atoms with Crippen LogP contribution in [-0.2, 0) is 21.4 Å². The molecular weight excluding hydrogens is 449 g/mol. The Morgan fingerprint density at radius 1 is 1.18 bits per heavy atom. The van der Waals surface area contributed by atoms with Gasteiger partial charge in [-0.25, -0.2) is 17.6 Å². The molecular formula is C23H26FN3O5S. The summed E-state index contributed by atoms with van der Waals surface area (Å²) in [5, 5.41) is 2.68. The molecule has 2 heterocycles. The molecule has 1 aromatic heterocycles.